The summed E-state index contributed by atoms with van der Waals surface area (Å²) in [5, 5.41) is 0. The van der Waals surface area contributed by atoms with Crippen LogP contribution < -0.4 is 4.52 Å². The van der Waals surface area contributed by atoms with Gasteiger partial charge in [-0.25, -0.2) is 0 Å². The third-order valence-corrected chi connectivity index (χ3v) is 18.1. The first kappa shape index (κ1) is 16.8. The first-order chi connectivity index (χ1) is 8.77. The number of nitrogens with zero attached hydrogens (tertiary/aromatic N) is 3. The second-order valence-corrected chi connectivity index (χ2v) is 16.3. The van der Waals surface area contributed by atoms with Crippen LogP contribution in [0.5, 0.6) is 5.75 Å². The Kier molecular flexibility index (Phi) is 5.59. The Balaban J connectivity index is 2.38. The Labute approximate surface area is 137 Å². The molecule has 1 aliphatic rings. The van der Waals surface area contributed by atoms with E-state index >= 15 is 0 Å². The summed E-state index contributed by atoms with van der Waals surface area (Å²) in [5.41, 5.74) is 0. The zero-order valence-corrected chi connectivity index (χ0v) is 16.0. The van der Waals surface area contributed by atoms with E-state index < -0.39 is 21.3 Å². The van der Waals surface area contributed by atoms with Gasteiger partial charge in [-0.2, -0.15) is 0 Å². The van der Waals surface area contributed by atoms with Crippen LogP contribution in [0.15, 0.2) is 34.8 Å². The van der Waals surface area contributed by atoms with E-state index in [-0.39, 0.29) is 0 Å². The van der Waals surface area contributed by atoms with Crippen molar-refractivity contribution in [3.8, 4) is 5.75 Å². The molecular formula is C7H9Cl5N3OP3. The molecule has 0 fully saturated rings. The molecule has 108 valence electrons. The average molecular weight is 421 g/mol. The van der Waals surface area contributed by atoms with Crippen LogP contribution in [-0.4, -0.2) is 14.6 Å². The van der Waals surface area contributed by atoms with Gasteiger partial charge < -0.3 is 0 Å². The number of para-hydroxylation sites is 1. The van der Waals surface area contributed by atoms with Gasteiger partial charge in [0, 0.05) is 0 Å². The van der Waals surface area contributed by atoms with Gasteiger partial charge in [-0.3, -0.25) is 0 Å². The Bertz CT molecular complexity index is 516. The molecule has 0 aliphatic carbocycles. The van der Waals surface area contributed by atoms with E-state index in [9.17, 15) is 0 Å². The fourth-order valence-electron chi connectivity index (χ4n) is 1.39. The molecule has 1 aliphatic heterocycles. The Morgan fingerprint density at radius 1 is 1.26 bits per heavy atom. The summed E-state index contributed by atoms with van der Waals surface area (Å²) in [4.78, 5) is 0. The van der Waals surface area contributed by atoms with Crippen molar-refractivity contribution in [2.45, 2.75) is 0 Å². The molecule has 1 unspecified atom stereocenters. The summed E-state index contributed by atoms with van der Waals surface area (Å²) in [6.07, 6.45) is 0. The van der Waals surface area contributed by atoms with Gasteiger partial charge in [-0.1, -0.05) is 0 Å². The molecule has 19 heavy (non-hydrogen) atoms. The van der Waals surface area contributed by atoms with Gasteiger partial charge in [-0.15, -0.1) is 0 Å². The van der Waals surface area contributed by atoms with Crippen molar-refractivity contribution in [3.63, 3.8) is 0 Å². The van der Waals surface area contributed by atoms with Gasteiger partial charge >= 0.3 is 138 Å². The molecule has 1 atom stereocenters. The van der Waals surface area contributed by atoms with Crippen molar-refractivity contribution in [2.24, 2.45) is 4.52 Å². The SMILES string of the molecule is C[PH]1(Oc2ccccc2)N(Cl)P(Cl)N=P(Cl)(Cl)N1Cl. The third kappa shape index (κ3) is 3.46. The third-order valence-electron chi connectivity index (χ3n) is 2.28. The number of hydrogen-bond acceptors (Lipinski definition) is 4. The van der Waals surface area contributed by atoms with Gasteiger partial charge in [0.25, 0.3) is 0 Å². The molecule has 4 nitrogen and oxygen atoms in total. The summed E-state index contributed by atoms with van der Waals surface area (Å²) in [7, 11) is -4.56. The Morgan fingerprint density at radius 2 is 1.84 bits per heavy atom. The molecule has 0 amide bonds. The van der Waals surface area contributed by atoms with Crippen LogP contribution in [0.25, 0.3) is 0 Å². The molecule has 1 heterocycles. The predicted molar refractivity (Wildman–Crippen MR) is 90.5 cm³/mol. The van der Waals surface area contributed by atoms with Crippen LogP contribution in [0.2, 0.25) is 0 Å². The zero-order chi connectivity index (χ0) is 14.3. The standard InChI is InChI=1S/C7H9Cl5N3OP3/c1-18(16-7-5-3-2-4-6-7)14(8)17(10)13-19(11,12)15(18)9/h2-6,18H,1H3. The molecule has 0 aromatic heterocycles. The number of halogens is 5. The second kappa shape index (κ2) is 6.31. The normalized spacial score (nSPS) is 28.4. The number of rotatable bonds is 2. The molecule has 0 saturated heterocycles. The van der Waals surface area contributed by atoms with Crippen LogP contribution >= 0.6 is 78.6 Å². The zero-order valence-electron chi connectivity index (χ0n) is 9.42. The van der Waals surface area contributed by atoms with Crippen LogP contribution in [0.3, 0.4) is 0 Å². The molecule has 0 radical (unpaired) electrons. The number of benzene rings is 1. The second-order valence-electron chi connectivity index (χ2n) is 3.66. The molecule has 1 aromatic rings. The Morgan fingerprint density at radius 3 is 2.42 bits per heavy atom. The van der Waals surface area contributed by atoms with Crippen molar-refractivity contribution in [2.75, 3.05) is 6.66 Å². The van der Waals surface area contributed by atoms with Crippen molar-refractivity contribution in [1.29, 1.82) is 0 Å². The van der Waals surface area contributed by atoms with Crippen molar-refractivity contribution in [1.82, 2.24) is 7.92 Å². The molecule has 12 heteroatoms. The minimum absolute atomic E-state index is 0.614. The van der Waals surface area contributed by atoms with E-state index in [1.165, 1.54) is 7.92 Å². The first-order valence-corrected chi connectivity index (χ1v) is 13.5. The van der Waals surface area contributed by atoms with E-state index in [0.29, 0.717) is 5.75 Å². The van der Waals surface area contributed by atoms with Gasteiger partial charge in [-0.05, 0) is 0 Å². The van der Waals surface area contributed by atoms with Crippen LogP contribution in [-0.2, 0) is 0 Å². The van der Waals surface area contributed by atoms with Crippen LogP contribution in [0.4, 0.5) is 0 Å². The van der Waals surface area contributed by atoms with Crippen molar-refractivity contribution < 1.29 is 4.52 Å². The van der Waals surface area contributed by atoms with Gasteiger partial charge in [0.2, 0.25) is 0 Å². The van der Waals surface area contributed by atoms with E-state index in [1.807, 2.05) is 18.2 Å². The van der Waals surface area contributed by atoms with Crippen molar-refractivity contribution >= 4 is 78.6 Å². The molecule has 0 saturated carbocycles. The molecule has 2 rings (SSSR count). The molecule has 0 N–H and O–H groups in total. The summed E-state index contributed by atoms with van der Waals surface area (Å²) < 4.78 is 12.5. The minimum atomic E-state index is -3.00. The Hall–Kier alpha value is 1.48. The van der Waals surface area contributed by atoms with E-state index in [4.69, 9.17) is 61.8 Å². The maximum absolute atomic E-state index is 6.21. The monoisotopic (exact) mass is 419 g/mol. The fourth-order valence-corrected chi connectivity index (χ4v) is 16.3. The summed E-state index contributed by atoms with van der Waals surface area (Å²) in [6.45, 7) is 1.76. The van der Waals surface area contributed by atoms with Gasteiger partial charge in [0.15, 0.2) is 0 Å². The molecule has 0 bridgehead atoms. The van der Waals surface area contributed by atoms with E-state index in [0.717, 1.165) is 0 Å². The summed E-state index contributed by atoms with van der Waals surface area (Å²) in [6, 6.07) is 9.13. The summed E-state index contributed by atoms with van der Waals surface area (Å²) >= 11 is 30.8. The van der Waals surface area contributed by atoms with E-state index in [1.54, 1.807) is 18.8 Å². The van der Waals surface area contributed by atoms with Crippen molar-refractivity contribution in [3.05, 3.63) is 30.3 Å². The quantitative estimate of drug-likeness (QED) is 0.380. The topological polar surface area (TPSA) is 28.1 Å². The number of hydrogen-bond donors (Lipinski definition) is 0. The first-order valence-electron chi connectivity index (χ1n) is 4.91. The molecule has 1 aromatic carbocycles. The van der Waals surface area contributed by atoms with E-state index in [2.05, 4.69) is 4.52 Å². The van der Waals surface area contributed by atoms with Gasteiger partial charge in [0.05, 0.1) is 0 Å². The van der Waals surface area contributed by atoms with Crippen LogP contribution in [0, 0.1) is 0 Å². The van der Waals surface area contributed by atoms with Crippen LogP contribution in [0.1, 0.15) is 0 Å². The molecular weight excluding hydrogens is 412 g/mol. The van der Waals surface area contributed by atoms with Gasteiger partial charge in [0.1, 0.15) is 0 Å². The molecule has 0 spiro atoms. The summed E-state index contributed by atoms with van der Waals surface area (Å²) in [5.74, 6) is -2.29. The fraction of sp³-hybridized carbons (Fsp3) is 0.143. The predicted octanol–water partition coefficient (Wildman–Crippen LogP) is 7.00. The average Bonchev–Trinajstić information content (AvgIpc) is 2.36. The maximum atomic E-state index is 6.21.